The lowest BCUT2D eigenvalue weighted by atomic mass is 9.93. The molecule has 0 unspecified atom stereocenters. The van der Waals surface area contributed by atoms with Gasteiger partial charge in [-0.05, 0) is 74.4 Å². The van der Waals surface area contributed by atoms with Crippen molar-refractivity contribution < 1.29 is 41.0 Å². The zero-order valence-electron chi connectivity index (χ0n) is 29.8. The molecule has 6 rings (SSSR count). The van der Waals surface area contributed by atoms with Crippen LogP contribution in [-0.2, 0) is 23.1 Å². The van der Waals surface area contributed by atoms with Gasteiger partial charge in [-0.15, -0.1) is 0 Å². The Hall–Kier alpha value is -4.92. The topological polar surface area (TPSA) is 148 Å². The van der Waals surface area contributed by atoms with Crippen LogP contribution in [0.4, 0.5) is 32.2 Å². The zero-order chi connectivity index (χ0) is 40.9. The van der Waals surface area contributed by atoms with E-state index >= 15 is 8.78 Å². The first-order valence-corrected chi connectivity index (χ1v) is 18.5. The van der Waals surface area contributed by atoms with Gasteiger partial charge in [-0.2, -0.15) is 13.9 Å². The normalized spacial score (nSPS) is 19.4. The molecule has 2 heterocycles. The maximum absolute atomic E-state index is 15.2. The van der Waals surface area contributed by atoms with E-state index in [0.29, 0.717) is 28.1 Å². The highest BCUT2D eigenvalue weighted by molar-refractivity contribution is 9.09. The number of aryl methyl sites for hydroxylation is 1. The summed E-state index contributed by atoms with van der Waals surface area (Å²) in [4.78, 5) is 34.5. The number of pyridine rings is 1. The predicted octanol–water partition coefficient (Wildman–Crippen LogP) is 6.63. The van der Waals surface area contributed by atoms with Gasteiger partial charge in [-0.25, -0.2) is 22.5 Å². The van der Waals surface area contributed by atoms with Crippen molar-refractivity contribution in [1.29, 1.82) is 0 Å². The number of carbonyl (C=O) groups is 2. The zero-order valence-corrected chi connectivity index (χ0v) is 32.2. The molecule has 2 aromatic heterocycles. The van der Waals surface area contributed by atoms with Crippen LogP contribution < -0.4 is 16.4 Å². The Bertz CT molecular complexity index is 2360. The van der Waals surface area contributed by atoms with E-state index in [1.165, 1.54) is 24.6 Å². The smallest absolute Gasteiger partial charge is 0.292 e. The molecular weight excluding hydrogens is 832 g/mol. The van der Waals surface area contributed by atoms with Crippen molar-refractivity contribution in [2.24, 2.45) is 29.6 Å². The number of alkyl halides is 5. The Balaban J connectivity index is 1.50. The van der Waals surface area contributed by atoms with Crippen LogP contribution >= 0.6 is 27.5 Å². The van der Waals surface area contributed by atoms with Gasteiger partial charge in [0.25, 0.3) is 12.3 Å². The molecule has 0 radical (unpaired) electrons. The highest BCUT2D eigenvalue weighted by Crippen LogP contribution is 2.62. The lowest BCUT2D eigenvalue weighted by Gasteiger charge is -2.23. The van der Waals surface area contributed by atoms with Crippen LogP contribution in [-0.4, -0.2) is 67.2 Å². The molecule has 0 bridgehead atoms. The number of aliphatic imine (C=N–C) groups is 1. The summed E-state index contributed by atoms with van der Waals surface area (Å²) >= 11 is 9.73. The monoisotopic (exact) mass is 863 g/mol. The number of hydrogen-bond acceptors (Lipinski definition) is 7. The van der Waals surface area contributed by atoms with E-state index in [4.69, 9.17) is 22.3 Å². The van der Waals surface area contributed by atoms with Gasteiger partial charge in [-0.3, -0.25) is 19.3 Å². The standard InChI is InChI=1S/C38H33BrClF6N7O3/c1-37(2,56)9-8-20-4-5-21(22-6-7-25(40)30-33(22)53(3)52-36(30)51-27(54)15-39)32(49-20)26(12-17-10-18(41)13-19(42)11-17)50-28(55)16-48-34-29(31(47)35(43)44)23-14-24(23)38(34,45)46/h4-7,10-11,13,23-24,26,35,56H,12,14-16,47H2,1-3H3,(H,50,55)(H,51,52,54)/t23-,24+,26-/m0/s1. The van der Waals surface area contributed by atoms with E-state index in [2.05, 4.69) is 48.5 Å². The Morgan fingerprint density at radius 1 is 1.14 bits per heavy atom. The number of halogens is 8. The number of nitrogens with zero attached hydrogens (tertiary/aromatic N) is 4. The largest absolute Gasteiger partial charge is 0.397 e. The van der Waals surface area contributed by atoms with Crippen LogP contribution in [0.1, 0.15) is 43.3 Å². The van der Waals surface area contributed by atoms with Crippen molar-refractivity contribution >= 4 is 61.8 Å². The Kier molecular flexibility index (Phi) is 11.3. The summed E-state index contributed by atoms with van der Waals surface area (Å²) in [6, 6.07) is 7.77. The van der Waals surface area contributed by atoms with Crippen LogP contribution in [0.25, 0.3) is 22.0 Å². The summed E-state index contributed by atoms with van der Waals surface area (Å²) in [5.41, 5.74) is 3.02. The van der Waals surface area contributed by atoms with E-state index in [9.17, 15) is 32.3 Å². The molecule has 10 nitrogen and oxygen atoms in total. The first-order chi connectivity index (χ1) is 26.3. The molecule has 0 aliphatic heterocycles. The highest BCUT2D eigenvalue weighted by Gasteiger charge is 2.67. The summed E-state index contributed by atoms with van der Waals surface area (Å²) < 4.78 is 88.1. The highest BCUT2D eigenvalue weighted by atomic mass is 79.9. The van der Waals surface area contributed by atoms with Gasteiger partial charge in [0.2, 0.25) is 11.8 Å². The van der Waals surface area contributed by atoms with Gasteiger partial charge in [0, 0.05) is 35.7 Å². The second kappa shape index (κ2) is 15.5. The van der Waals surface area contributed by atoms with Crippen molar-refractivity contribution in [3.05, 3.63) is 87.3 Å². The number of hydrogen-bond donors (Lipinski definition) is 4. The Labute approximate surface area is 329 Å². The lowest BCUT2D eigenvalue weighted by Crippen LogP contribution is -2.35. The minimum atomic E-state index is -3.60. The van der Waals surface area contributed by atoms with Crippen LogP contribution in [0, 0.1) is 35.3 Å². The molecule has 2 fully saturated rings. The average Bonchev–Trinajstić information content (AvgIpc) is 3.80. The van der Waals surface area contributed by atoms with Crippen LogP contribution in [0.5, 0.6) is 0 Å². The third kappa shape index (κ3) is 8.42. The molecule has 4 aromatic rings. The summed E-state index contributed by atoms with van der Waals surface area (Å²) in [6.07, 6.45) is -3.58. The van der Waals surface area contributed by atoms with Gasteiger partial charge < -0.3 is 21.5 Å². The van der Waals surface area contributed by atoms with Crippen LogP contribution in [0.15, 0.2) is 58.7 Å². The van der Waals surface area contributed by atoms with Gasteiger partial charge in [0.1, 0.15) is 35.2 Å². The second-order valence-electron chi connectivity index (χ2n) is 13.9. The molecule has 2 saturated carbocycles. The number of nitrogens with two attached hydrogens (primary N) is 1. The second-order valence-corrected chi connectivity index (χ2v) is 14.9. The number of fused-ring (bicyclic) bond motifs is 2. The number of nitrogens with one attached hydrogen (secondary N) is 2. The summed E-state index contributed by atoms with van der Waals surface area (Å²) in [5.74, 6) is -3.42. The fraction of sp³-hybridized carbons (Fsp3) is 0.342. The maximum Gasteiger partial charge on any atom is 0.292 e. The molecule has 5 N–H and O–H groups in total. The molecule has 0 saturated heterocycles. The molecule has 0 spiro atoms. The van der Waals surface area contributed by atoms with Crippen LogP contribution in [0.2, 0.25) is 5.02 Å². The van der Waals surface area contributed by atoms with E-state index < -0.39 is 82.8 Å². The number of aliphatic hydroxyl groups is 1. The predicted molar refractivity (Wildman–Crippen MR) is 202 cm³/mol. The van der Waals surface area contributed by atoms with Crippen molar-refractivity contribution in [2.75, 3.05) is 17.2 Å². The fourth-order valence-electron chi connectivity index (χ4n) is 6.78. The molecular formula is C38H33BrClF6N7O3. The number of anilines is 1. The number of allylic oxidation sites excluding steroid dienone is 2. The molecule has 2 amide bonds. The molecule has 18 heteroatoms. The number of amides is 2. The summed E-state index contributed by atoms with van der Waals surface area (Å²) in [6.45, 7) is 1.95. The Morgan fingerprint density at radius 2 is 1.82 bits per heavy atom. The third-order valence-electron chi connectivity index (χ3n) is 9.18. The van der Waals surface area contributed by atoms with Gasteiger partial charge >= 0.3 is 0 Å². The quantitative estimate of drug-likeness (QED) is 0.0801. The molecule has 2 aliphatic carbocycles. The van der Waals surface area contributed by atoms with E-state index in [0.717, 1.165) is 12.1 Å². The number of rotatable bonds is 10. The van der Waals surface area contributed by atoms with Crippen molar-refractivity contribution in [2.45, 2.75) is 50.7 Å². The first kappa shape index (κ1) is 40.7. The maximum atomic E-state index is 15.2. The van der Waals surface area contributed by atoms with Crippen molar-refractivity contribution in [3.8, 4) is 23.0 Å². The molecule has 3 atom stereocenters. The SMILES string of the molecule is Cn1nc(NC(=O)CBr)c2c(Cl)ccc(-c3ccc(C#CC(C)(C)O)nc3[C@H](Cc3cc(F)cc(F)c3)NC(=O)CN=C3C(=C(N)C(F)F)[C@H]4C[C@H]4C3(F)F)c21. The van der Waals surface area contributed by atoms with E-state index in [1.807, 2.05) is 0 Å². The molecule has 294 valence electrons. The van der Waals surface area contributed by atoms with Crippen molar-refractivity contribution in [3.63, 3.8) is 0 Å². The van der Waals surface area contributed by atoms with Crippen LogP contribution in [0.3, 0.4) is 0 Å². The van der Waals surface area contributed by atoms with Gasteiger partial charge in [-0.1, -0.05) is 39.5 Å². The first-order valence-electron chi connectivity index (χ1n) is 17.0. The number of carbonyl (C=O) groups excluding carboxylic acids is 2. The third-order valence-corrected chi connectivity index (χ3v) is 10.0. The number of aromatic nitrogens is 3. The summed E-state index contributed by atoms with van der Waals surface area (Å²) in [5, 5.41) is 20.6. The van der Waals surface area contributed by atoms with E-state index in [-0.39, 0.29) is 46.0 Å². The average molecular weight is 865 g/mol. The number of benzene rings is 2. The van der Waals surface area contributed by atoms with Crippen molar-refractivity contribution in [1.82, 2.24) is 20.1 Å². The Morgan fingerprint density at radius 3 is 2.46 bits per heavy atom. The molecule has 2 aromatic carbocycles. The minimum Gasteiger partial charge on any atom is -0.397 e. The summed E-state index contributed by atoms with van der Waals surface area (Å²) in [7, 11) is 1.60. The molecule has 2 aliphatic rings. The van der Waals surface area contributed by atoms with E-state index in [1.54, 1.807) is 25.2 Å². The lowest BCUT2D eigenvalue weighted by molar-refractivity contribution is -0.120. The molecule has 56 heavy (non-hydrogen) atoms. The fourth-order valence-corrected chi connectivity index (χ4v) is 7.16. The minimum absolute atomic E-state index is 0.0345. The van der Waals surface area contributed by atoms with Gasteiger partial charge in [0.05, 0.1) is 38.7 Å². The van der Waals surface area contributed by atoms with Gasteiger partial charge in [0.15, 0.2) is 5.82 Å².